The Balaban J connectivity index is 1.72. The summed E-state index contributed by atoms with van der Waals surface area (Å²) >= 11 is 0. The van der Waals surface area contributed by atoms with E-state index >= 15 is 0 Å². The molecule has 24 heavy (non-hydrogen) atoms. The van der Waals surface area contributed by atoms with Crippen molar-refractivity contribution in [2.45, 2.75) is 6.92 Å². The molecule has 0 heterocycles. The van der Waals surface area contributed by atoms with Crippen molar-refractivity contribution < 1.29 is 9.47 Å². The topological polar surface area (TPSA) is 44.8 Å². The minimum absolute atomic E-state index is 0.538. The molecular weight excluding hydrogens is 302 g/mol. The molecule has 3 rings (SSSR count). The first kappa shape index (κ1) is 15.9. The van der Waals surface area contributed by atoms with Crippen LogP contribution < -0.4 is 14.5 Å². The molecule has 0 N–H and O–H groups in total. The van der Waals surface area contributed by atoms with Crippen LogP contribution in [0.1, 0.15) is 5.56 Å². The van der Waals surface area contributed by atoms with E-state index in [4.69, 9.17) is 9.47 Å². The van der Waals surface area contributed by atoms with Crippen LogP contribution in [0.2, 0.25) is 0 Å². The normalized spacial score (nSPS) is 10.3. The van der Waals surface area contributed by atoms with Crippen molar-refractivity contribution in [2.75, 3.05) is 12.2 Å². The Kier molecular flexibility index (Phi) is 4.68. The molecule has 0 aliphatic heterocycles. The van der Waals surface area contributed by atoms with E-state index in [1.165, 1.54) is 5.56 Å². The lowest BCUT2D eigenvalue weighted by atomic mass is 10.2. The first-order chi connectivity index (χ1) is 11.7. The molecule has 0 radical (unpaired) electrons. The summed E-state index contributed by atoms with van der Waals surface area (Å²) in [6.45, 7) is 2.03. The van der Waals surface area contributed by atoms with Crippen molar-refractivity contribution >= 4 is 11.4 Å². The van der Waals surface area contributed by atoms with Crippen LogP contribution in [0.4, 0.5) is 11.4 Å². The zero-order chi connectivity index (χ0) is 16.9. The fraction of sp³-hybridized carbons (Fsp3) is 0.100. The van der Waals surface area contributed by atoms with Gasteiger partial charge in [-0.25, -0.2) is 0 Å². The van der Waals surface area contributed by atoms with E-state index in [9.17, 15) is 5.21 Å². The van der Waals surface area contributed by atoms with Crippen molar-refractivity contribution in [2.24, 2.45) is 0 Å². The summed E-state index contributed by atoms with van der Waals surface area (Å²) in [5.74, 6) is 2.17. The van der Waals surface area contributed by atoms with E-state index in [-0.39, 0.29) is 0 Å². The third kappa shape index (κ3) is 3.67. The van der Waals surface area contributed by atoms with Gasteiger partial charge in [0.25, 0.3) is 0 Å². The molecule has 3 aromatic rings. The summed E-state index contributed by atoms with van der Waals surface area (Å²) in [4.78, 5) is 0. The van der Waals surface area contributed by atoms with E-state index in [1.807, 2.05) is 31.2 Å². The van der Waals surface area contributed by atoms with Gasteiger partial charge in [-0.1, -0.05) is 17.7 Å². The summed E-state index contributed by atoms with van der Waals surface area (Å²) < 4.78 is 10.9. The lowest BCUT2D eigenvalue weighted by molar-refractivity contribution is 0.415. The zero-order valence-corrected chi connectivity index (χ0v) is 13.6. The van der Waals surface area contributed by atoms with Crippen molar-refractivity contribution in [1.82, 2.24) is 0 Å². The molecule has 0 aliphatic rings. The number of rotatable bonds is 5. The molecule has 122 valence electrons. The van der Waals surface area contributed by atoms with Gasteiger partial charge in [-0.05, 0) is 67.6 Å². The summed E-state index contributed by atoms with van der Waals surface area (Å²) in [5, 5.41) is 13.3. The summed E-state index contributed by atoms with van der Waals surface area (Å²) in [5.41, 5.74) is 2.26. The van der Waals surface area contributed by atoms with Crippen LogP contribution in [0.3, 0.4) is 0 Å². The lowest BCUT2D eigenvalue weighted by Gasteiger charge is -2.31. The van der Waals surface area contributed by atoms with E-state index in [2.05, 4.69) is 0 Å². The molecular formula is C20H18NO3-. The fourth-order valence-corrected chi connectivity index (χ4v) is 2.26. The average Bonchev–Trinajstić information content (AvgIpc) is 2.64. The van der Waals surface area contributed by atoms with Crippen molar-refractivity contribution in [3.63, 3.8) is 0 Å². The number of ether oxygens (including phenoxy) is 2. The summed E-state index contributed by atoms with van der Waals surface area (Å²) in [6.07, 6.45) is 0. The van der Waals surface area contributed by atoms with Crippen LogP contribution in [0, 0.1) is 12.1 Å². The van der Waals surface area contributed by atoms with E-state index in [1.54, 1.807) is 55.6 Å². The molecule has 0 bridgehead atoms. The smallest absolute Gasteiger partial charge is 0.127 e. The molecule has 0 fully saturated rings. The number of anilines is 2. The molecule has 0 saturated heterocycles. The van der Waals surface area contributed by atoms with Crippen molar-refractivity contribution in [3.8, 4) is 17.2 Å². The maximum absolute atomic E-state index is 12.4. The first-order valence-corrected chi connectivity index (χ1v) is 7.61. The summed E-state index contributed by atoms with van der Waals surface area (Å²) in [6, 6.07) is 21.8. The predicted molar refractivity (Wildman–Crippen MR) is 96.2 cm³/mol. The largest absolute Gasteiger partial charge is 0.754 e. The second-order valence-corrected chi connectivity index (χ2v) is 5.40. The highest BCUT2D eigenvalue weighted by Crippen LogP contribution is 2.29. The Morgan fingerprint density at radius 3 is 1.54 bits per heavy atom. The van der Waals surface area contributed by atoms with E-state index in [0.29, 0.717) is 22.9 Å². The molecule has 3 aromatic carbocycles. The van der Waals surface area contributed by atoms with Crippen LogP contribution in [-0.2, 0) is 0 Å². The van der Waals surface area contributed by atoms with Gasteiger partial charge in [0.1, 0.15) is 17.2 Å². The van der Waals surface area contributed by atoms with Gasteiger partial charge in [-0.2, -0.15) is 0 Å². The molecule has 0 unspecified atom stereocenters. The molecule has 0 aromatic heterocycles. The predicted octanol–water partition coefficient (Wildman–Crippen LogP) is 5.43. The maximum atomic E-state index is 12.4. The Labute approximate surface area is 141 Å². The van der Waals surface area contributed by atoms with Gasteiger partial charge >= 0.3 is 0 Å². The average molecular weight is 320 g/mol. The van der Waals surface area contributed by atoms with Crippen LogP contribution in [0.15, 0.2) is 72.8 Å². The Hall–Kier alpha value is -2.98. The molecule has 0 spiro atoms. The molecule has 4 heteroatoms. The number of benzene rings is 3. The molecule has 0 saturated carbocycles. The number of nitrogens with zero attached hydrogens (tertiary/aromatic N) is 1. The van der Waals surface area contributed by atoms with Crippen LogP contribution in [-0.4, -0.2) is 7.11 Å². The quantitative estimate of drug-likeness (QED) is 0.588. The Morgan fingerprint density at radius 1 is 0.667 bits per heavy atom. The number of methoxy groups -OCH3 is 1. The molecule has 4 nitrogen and oxygen atoms in total. The highest BCUT2D eigenvalue weighted by molar-refractivity contribution is 5.65. The monoisotopic (exact) mass is 320 g/mol. The molecule has 0 atom stereocenters. The number of hydrogen-bond acceptors (Lipinski definition) is 4. The van der Waals surface area contributed by atoms with Gasteiger partial charge < -0.3 is 19.7 Å². The lowest BCUT2D eigenvalue weighted by Crippen LogP contribution is -2.06. The Morgan fingerprint density at radius 2 is 1.08 bits per heavy atom. The maximum Gasteiger partial charge on any atom is 0.127 e. The van der Waals surface area contributed by atoms with E-state index in [0.717, 1.165) is 10.8 Å². The second kappa shape index (κ2) is 7.06. The number of hydrogen-bond donors (Lipinski definition) is 0. The van der Waals surface area contributed by atoms with Crippen molar-refractivity contribution in [1.29, 1.82) is 0 Å². The van der Waals surface area contributed by atoms with Gasteiger partial charge in [-0.3, -0.25) is 0 Å². The zero-order valence-electron chi connectivity index (χ0n) is 13.6. The number of aryl methyl sites for hydroxylation is 1. The highest BCUT2D eigenvalue weighted by Gasteiger charge is 2.02. The fourth-order valence-electron chi connectivity index (χ4n) is 2.26. The van der Waals surface area contributed by atoms with E-state index < -0.39 is 0 Å². The van der Waals surface area contributed by atoms with Crippen LogP contribution in [0.25, 0.3) is 0 Å². The Bertz CT molecular complexity index is 781. The third-order valence-electron chi connectivity index (χ3n) is 3.63. The van der Waals surface area contributed by atoms with Gasteiger partial charge in [0.2, 0.25) is 0 Å². The first-order valence-electron chi connectivity index (χ1n) is 7.61. The van der Waals surface area contributed by atoms with Crippen molar-refractivity contribution in [3.05, 3.63) is 83.6 Å². The van der Waals surface area contributed by atoms with Crippen LogP contribution >= 0.6 is 0 Å². The SMILES string of the molecule is COc1ccc(N([O-])c2ccc(Oc3ccc(C)cc3)cc2)cc1. The minimum atomic E-state index is 0.538. The van der Waals surface area contributed by atoms with Gasteiger partial charge in [-0.15, -0.1) is 0 Å². The minimum Gasteiger partial charge on any atom is -0.754 e. The standard InChI is InChI=1S/C20H18NO3/c1-15-3-9-19(10-4-15)24-20-13-7-17(8-14-20)21(22)16-5-11-18(23-2)12-6-16/h3-14H,1-2H3/q-1. The van der Waals surface area contributed by atoms with Gasteiger partial charge in [0.05, 0.1) is 7.11 Å². The van der Waals surface area contributed by atoms with Gasteiger partial charge in [0, 0.05) is 11.4 Å². The third-order valence-corrected chi connectivity index (χ3v) is 3.63. The van der Waals surface area contributed by atoms with Gasteiger partial charge in [0.15, 0.2) is 0 Å². The van der Waals surface area contributed by atoms with Crippen LogP contribution in [0.5, 0.6) is 17.2 Å². The second-order valence-electron chi connectivity index (χ2n) is 5.40. The summed E-state index contributed by atoms with van der Waals surface area (Å²) in [7, 11) is 1.59. The highest BCUT2D eigenvalue weighted by atomic mass is 16.5. The molecule has 0 amide bonds. The molecule has 0 aliphatic carbocycles.